The summed E-state index contributed by atoms with van der Waals surface area (Å²) >= 11 is 0. The number of benzene rings is 1. The van der Waals surface area contributed by atoms with Crippen molar-refractivity contribution in [1.29, 1.82) is 0 Å². The first kappa shape index (κ1) is 17.0. The van der Waals surface area contributed by atoms with Crippen LogP contribution in [-0.2, 0) is 9.59 Å². The number of allylic oxidation sites excluding steroid dienone is 1. The number of hydrogen-bond acceptors (Lipinski definition) is 2. The number of hydrogen-bond donors (Lipinski definition) is 2. The Balaban J connectivity index is 2.89. The summed E-state index contributed by atoms with van der Waals surface area (Å²) in [6.45, 7) is 5.74. The van der Waals surface area contributed by atoms with Gasteiger partial charge in [0.05, 0.1) is 5.92 Å². The molecule has 2 unspecified atom stereocenters. The molecular weight excluding hydrogens is 266 g/mol. The molecular formula is C17H23NO3. The van der Waals surface area contributed by atoms with E-state index in [1.807, 2.05) is 51.1 Å². The lowest BCUT2D eigenvalue weighted by atomic mass is 9.87. The van der Waals surface area contributed by atoms with Crippen LogP contribution in [0.4, 0.5) is 0 Å². The van der Waals surface area contributed by atoms with E-state index in [4.69, 9.17) is 0 Å². The van der Waals surface area contributed by atoms with Gasteiger partial charge in [0.15, 0.2) is 0 Å². The SMILES string of the molecule is C/C=C/CC(NC(=O)C(c1ccccc1)C(C)C)C(=O)O. The molecule has 114 valence electrons. The van der Waals surface area contributed by atoms with Gasteiger partial charge in [0.25, 0.3) is 0 Å². The Labute approximate surface area is 125 Å². The average Bonchev–Trinajstić information content (AvgIpc) is 2.44. The molecule has 0 bridgehead atoms. The van der Waals surface area contributed by atoms with Crippen molar-refractivity contribution in [2.75, 3.05) is 0 Å². The summed E-state index contributed by atoms with van der Waals surface area (Å²) in [6, 6.07) is 8.56. The third-order valence-corrected chi connectivity index (χ3v) is 3.33. The molecule has 1 aromatic rings. The summed E-state index contributed by atoms with van der Waals surface area (Å²) in [6.07, 6.45) is 3.81. The lowest BCUT2D eigenvalue weighted by Crippen LogP contribution is -2.43. The van der Waals surface area contributed by atoms with Gasteiger partial charge in [-0.1, -0.05) is 56.3 Å². The topological polar surface area (TPSA) is 66.4 Å². The van der Waals surface area contributed by atoms with Crippen LogP contribution in [-0.4, -0.2) is 23.0 Å². The smallest absolute Gasteiger partial charge is 0.326 e. The second kappa shape index (κ2) is 8.25. The Bertz CT molecular complexity index is 494. The molecule has 1 rings (SSSR count). The van der Waals surface area contributed by atoms with Gasteiger partial charge >= 0.3 is 5.97 Å². The van der Waals surface area contributed by atoms with E-state index < -0.39 is 12.0 Å². The largest absolute Gasteiger partial charge is 0.480 e. The van der Waals surface area contributed by atoms with Gasteiger partial charge in [0.2, 0.25) is 5.91 Å². The quantitative estimate of drug-likeness (QED) is 0.758. The molecule has 0 saturated heterocycles. The minimum Gasteiger partial charge on any atom is -0.480 e. The first-order valence-electron chi connectivity index (χ1n) is 7.16. The summed E-state index contributed by atoms with van der Waals surface area (Å²) in [5, 5.41) is 11.8. The zero-order chi connectivity index (χ0) is 15.8. The van der Waals surface area contributed by atoms with Crippen LogP contribution in [0.2, 0.25) is 0 Å². The number of rotatable bonds is 7. The molecule has 4 heteroatoms. The van der Waals surface area contributed by atoms with Crippen LogP contribution < -0.4 is 5.32 Å². The van der Waals surface area contributed by atoms with Crippen molar-refractivity contribution in [1.82, 2.24) is 5.32 Å². The highest BCUT2D eigenvalue weighted by Crippen LogP contribution is 2.24. The Morgan fingerprint density at radius 1 is 1.24 bits per heavy atom. The van der Waals surface area contributed by atoms with E-state index >= 15 is 0 Å². The third kappa shape index (κ3) is 5.06. The molecule has 0 aromatic heterocycles. The molecule has 0 aliphatic heterocycles. The van der Waals surface area contributed by atoms with Crippen molar-refractivity contribution in [3.05, 3.63) is 48.0 Å². The molecule has 1 amide bonds. The van der Waals surface area contributed by atoms with Crippen LogP contribution in [0, 0.1) is 5.92 Å². The summed E-state index contributed by atoms with van der Waals surface area (Å²) < 4.78 is 0. The summed E-state index contributed by atoms with van der Waals surface area (Å²) in [5.74, 6) is -1.52. The first-order chi connectivity index (χ1) is 9.97. The molecule has 1 aromatic carbocycles. The molecule has 2 atom stereocenters. The van der Waals surface area contributed by atoms with Crippen molar-refractivity contribution < 1.29 is 14.7 Å². The Hall–Kier alpha value is -2.10. The maximum absolute atomic E-state index is 12.5. The number of carboxylic acids is 1. The summed E-state index contributed by atoms with van der Waals surface area (Å²) in [7, 11) is 0. The van der Waals surface area contributed by atoms with E-state index in [1.54, 1.807) is 12.2 Å². The maximum Gasteiger partial charge on any atom is 0.326 e. The molecule has 4 nitrogen and oxygen atoms in total. The number of carbonyl (C=O) groups is 2. The lowest BCUT2D eigenvalue weighted by Gasteiger charge is -2.23. The zero-order valence-corrected chi connectivity index (χ0v) is 12.7. The van der Waals surface area contributed by atoms with Gasteiger partial charge < -0.3 is 10.4 Å². The van der Waals surface area contributed by atoms with E-state index in [2.05, 4.69) is 5.32 Å². The van der Waals surface area contributed by atoms with Gasteiger partial charge in [0, 0.05) is 0 Å². The van der Waals surface area contributed by atoms with Gasteiger partial charge in [-0.2, -0.15) is 0 Å². The van der Waals surface area contributed by atoms with Crippen LogP contribution in [0.1, 0.15) is 38.7 Å². The monoisotopic (exact) mass is 289 g/mol. The normalized spacial score (nSPS) is 14.1. The van der Waals surface area contributed by atoms with E-state index in [1.165, 1.54) is 0 Å². The van der Waals surface area contributed by atoms with E-state index in [9.17, 15) is 14.7 Å². The third-order valence-electron chi connectivity index (χ3n) is 3.33. The summed E-state index contributed by atoms with van der Waals surface area (Å²) in [4.78, 5) is 23.7. The zero-order valence-electron chi connectivity index (χ0n) is 12.7. The molecule has 0 radical (unpaired) electrons. The fraction of sp³-hybridized carbons (Fsp3) is 0.412. The minimum absolute atomic E-state index is 0.0866. The predicted octanol–water partition coefficient (Wildman–Crippen LogP) is 2.96. The van der Waals surface area contributed by atoms with Crippen LogP contribution in [0.15, 0.2) is 42.5 Å². The van der Waals surface area contributed by atoms with Crippen LogP contribution in [0.25, 0.3) is 0 Å². The van der Waals surface area contributed by atoms with Crippen LogP contribution in [0.3, 0.4) is 0 Å². The van der Waals surface area contributed by atoms with Gasteiger partial charge in [-0.05, 0) is 24.8 Å². The van der Waals surface area contributed by atoms with Gasteiger partial charge in [-0.3, -0.25) is 4.79 Å². The molecule has 0 fully saturated rings. The van der Waals surface area contributed by atoms with E-state index in [0.717, 1.165) is 5.56 Å². The number of carbonyl (C=O) groups excluding carboxylic acids is 1. The van der Waals surface area contributed by atoms with Crippen LogP contribution >= 0.6 is 0 Å². The van der Waals surface area contributed by atoms with E-state index in [-0.39, 0.29) is 24.2 Å². The highest BCUT2D eigenvalue weighted by molar-refractivity contribution is 5.88. The minimum atomic E-state index is -1.02. The fourth-order valence-electron chi connectivity index (χ4n) is 2.25. The van der Waals surface area contributed by atoms with Crippen molar-refractivity contribution in [2.24, 2.45) is 5.92 Å². The Kier molecular flexibility index (Phi) is 6.66. The number of amides is 1. The van der Waals surface area contributed by atoms with Crippen molar-refractivity contribution in [2.45, 2.75) is 39.2 Å². The average molecular weight is 289 g/mol. The second-order valence-corrected chi connectivity index (χ2v) is 5.34. The van der Waals surface area contributed by atoms with Crippen LogP contribution in [0.5, 0.6) is 0 Å². The van der Waals surface area contributed by atoms with Crippen molar-refractivity contribution in [3.63, 3.8) is 0 Å². The number of nitrogens with one attached hydrogen (secondary N) is 1. The molecule has 0 heterocycles. The summed E-state index contributed by atoms with van der Waals surface area (Å²) in [5.41, 5.74) is 0.903. The Morgan fingerprint density at radius 2 is 1.86 bits per heavy atom. The molecule has 0 saturated carbocycles. The second-order valence-electron chi connectivity index (χ2n) is 5.34. The predicted molar refractivity (Wildman–Crippen MR) is 83.0 cm³/mol. The maximum atomic E-state index is 12.5. The van der Waals surface area contributed by atoms with Gasteiger partial charge in [0.1, 0.15) is 6.04 Å². The highest BCUT2D eigenvalue weighted by atomic mass is 16.4. The molecule has 2 N–H and O–H groups in total. The standard InChI is InChI=1S/C17H23NO3/c1-4-5-11-14(17(20)21)18-16(19)15(12(2)3)13-9-7-6-8-10-13/h4-10,12,14-15H,11H2,1-3H3,(H,18,19)(H,20,21)/b5-4+. The van der Waals surface area contributed by atoms with Gasteiger partial charge in [-0.15, -0.1) is 0 Å². The highest BCUT2D eigenvalue weighted by Gasteiger charge is 2.27. The van der Waals surface area contributed by atoms with Crippen molar-refractivity contribution >= 4 is 11.9 Å². The van der Waals surface area contributed by atoms with Gasteiger partial charge in [-0.25, -0.2) is 4.79 Å². The first-order valence-corrected chi connectivity index (χ1v) is 7.16. The molecule has 0 spiro atoms. The van der Waals surface area contributed by atoms with E-state index in [0.29, 0.717) is 0 Å². The Morgan fingerprint density at radius 3 is 2.33 bits per heavy atom. The lowest BCUT2D eigenvalue weighted by molar-refractivity contribution is -0.142. The fourth-order valence-corrected chi connectivity index (χ4v) is 2.25. The number of aliphatic carboxylic acids is 1. The molecule has 0 aliphatic carbocycles. The molecule has 0 aliphatic rings. The van der Waals surface area contributed by atoms with Crippen molar-refractivity contribution in [3.8, 4) is 0 Å². The molecule has 21 heavy (non-hydrogen) atoms. The number of carboxylic acid groups (broad SMARTS) is 1.